The summed E-state index contributed by atoms with van der Waals surface area (Å²) in [6.45, 7) is 7.30. The van der Waals surface area contributed by atoms with Crippen LogP contribution in [-0.2, 0) is 9.59 Å². The molecular weight excluding hydrogens is 483 g/mol. The van der Waals surface area contributed by atoms with Crippen LogP contribution in [0, 0.1) is 11.3 Å². The molecule has 0 aromatic heterocycles. The second kappa shape index (κ2) is 10.1. The number of benzene rings is 1. The lowest BCUT2D eigenvalue weighted by Crippen LogP contribution is -2.53. The van der Waals surface area contributed by atoms with Crippen LogP contribution in [0.4, 0.5) is 5.69 Å². The molecule has 1 spiro atoms. The predicted molar refractivity (Wildman–Crippen MR) is 141 cm³/mol. The summed E-state index contributed by atoms with van der Waals surface area (Å²) in [5.41, 5.74) is 1.57. The van der Waals surface area contributed by atoms with E-state index in [2.05, 4.69) is 16.7 Å². The van der Waals surface area contributed by atoms with E-state index in [-0.39, 0.29) is 11.8 Å². The zero-order valence-electron chi connectivity index (χ0n) is 21.0. The third-order valence-corrected chi connectivity index (χ3v) is 9.75. The molecule has 0 bridgehead atoms. The van der Waals surface area contributed by atoms with Gasteiger partial charge in [-0.2, -0.15) is 0 Å². The highest BCUT2D eigenvalue weighted by atomic mass is 35.5. The van der Waals surface area contributed by atoms with Gasteiger partial charge in [-0.1, -0.05) is 30.1 Å². The largest absolute Gasteiger partial charge is 0.369 e. The number of likely N-dealkylation sites (N-methyl/N-ethyl adjacent to an activating group) is 1. The van der Waals surface area contributed by atoms with Crippen LogP contribution < -0.4 is 4.90 Å². The van der Waals surface area contributed by atoms with Crippen molar-refractivity contribution in [1.29, 1.82) is 0 Å². The van der Waals surface area contributed by atoms with E-state index in [1.54, 1.807) is 6.07 Å². The molecule has 2 saturated carbocycles. The van der Waals surface area contributed by atoms with Crippen molar-refractivity contribution >= 4 is 40.7 Å². The number of hydrogen-bond acceptors (Lipinski definition) is 4. The number of hydrogen-bond donors (Lipinski definition) is 0. The average Bonchev–Trinajstić information content (AvgIpc) is 3.75. The first-order valence-corrected chi connectivity index (χ1v) is 14.0. The molecule has 8 heteroatoms. The molecule has 1 unspecified atom stereocenters. The van der Waals surface area contributed by atoms with Gasteiger partial charge in [-0.05, 0) is 74.6 Å². The Kier molecular flexibility index (Phi) is 7.26. The van der Waals surface area contributed by atoms with E-state index in [4.69, 9.17) is 23.2 Å². The summed E-state index contributed by atoms with van der Waals surface area (Å²) >= 11 is 12.4. The van der Waals surface area contributed by atoms with Crippen LogP contribution in [0.1, 0.15) is 51.9 Å². The number of nitrogens with zero attached hydrogens (tertiary/aromatic N) is 4. The first-order valence-electron chi connectivity index (χ1n) is 13.3. The molecule has 2 aliphatic heterocycles. The van der Waals surface area contributed by atoms with E-state index in [1.165, 1.54) is 19.3 Å². The van der Waals surface area contributed by atoms with E-state index in [0.29, 0.717) is 54.0 Å². The van der Waals surface area contributed by atoms with Crippen LogP contribution >= 0.6 is 23.2 Å². The predicted octanol–water partition coefficient (Wildman–Crippen LogP) is 4.53. The Bertz CT molecular complexity index is 964. The molecule has 6 nitrogen and oxygen atoms in total. The van der Waals surface area contributed by atoms with Crippen molar-refractivity contribution in [3.8, 4) is 0 Å². The number of piperidine rings is 1. The van der Waals surface area contributed by atoms with Crippen LogP contribution in [0.5, 0.6) is 0 Å². The first kappa shape index (κ1) is 25.2. The maximum atomic E-state index is 13.6. The van der Waals surface area contributed by atoms with Crippen LogP contribution in [0.3, 0.4) is 0 Å². The molecule has 2 amide bonds. The quantitative estimate of drug-likeness (QED) is 0.529. The maximum Gasteiger partial charge on any atom is 0.245 e. The topological polar surface area (TPSA) is 47.1 Å². The number of halogens is 2. The van der Waals surface area contributed by atoms with Gasteiger partial charge in [-0.15, -0.1) is 0 Å². The number of carbonyl (C=O) groups is 2. The second-order valence-corrected chi connectivity index (χ2v) is 12.0. The Morgan fingerprint density at radius 1 is 1.11 bits per heavy atom. The van der Waals surface area contributed by atoms with E-state index in [9.17, 15) is 9.59 Å². The minimum atomic E-state index is -0.394. The fourth-order valence-electron chi connectivity index (χ4n) is 6.11. The maximum absolute atomic E-state index is 13.6. The molecule has 192 valence electrons. The molecular formula is C27H38Cl2N4O2. The molecule has 0 radical (unpaired) electrons. The first-order chi connectivity index (χ1) is 16.8. The summed E-state index contributed by atoms with van der Waals surface area (Å²) in [6.07, 6.45) is 7.27. The third-order valence-electron chi connectivity index (χ3n) is 9.01. The van der Waals surface area contributed by atoms with Crippen molar-refractivity contribution < 1.29 is 9.59 Å². The smallest absolute Gasteiger partial charge is 0.245 e. The number of amides is 2. The Labute approximate surface area is 219 Å². The second-order valence-electron chi connectivity index (χ2n) is 11.2. The van der Waals surface area contributed by atoms with Crippen molar-refractivity contribution in [2.45, 2.75) is 64.0 Å². The van der Waals surface area contributed by atoms with Crippen LogP contribution in [-0.4, -0.2) is 84.9 Å². The van der Waals surface area contributed by atoms with Gasteiger partial charge in [0.15, 0.2) is 0 Å². The lowest BCUT2D eigenvalue weighted by molar-refractivity contribution is -0.145. The Morgan fingerprint density at radius 2 is 1.89 bits per heavy atom. The van der Waals surface area contributed by atoms with Gasteiger partial charge in [0.1, 0.15) is 6.04 Å². The zero-order chi connectivity index (χ0) is 24.7. The van der Waals surface area contributed by atoms with Crippen LogP contribution in [0.25, 0.3) is 0 Å². The summed E-state index contributed by atoms with van der Waals surface area (Å²) in [4.78, 5) is 35.4. The summed E-state index contributed by atoms with van der Waals surface area (Å²) in [6, 6.07) is 5.55. The van der Waals surface area contributed by atoms with E-state index in [0.717, 1.165) is 44.1 Å². The zero-order valence-corrected chi connectivity index (χ0v) is 22.5. The molecule has 2 aliphatic carbocycles. The summed E-state index contributed by atoms with van der Waals surface area (Å²) in [7, 11) is 1.91. The van der Waals surface area contributed by atoms with Gasteiger partial charge in [0, 0.05) is 57.9 Å². The fourth-order valence-corrected chi connectivity index (χ4v) is 6.40. The number of carbonyl (C=O) groups excluding carboxylic acids is 2. The van der Waals surface area contributed by atoms with Crippen molar-refractivity contribution in [2.75, 3.05) is 51.2 Å². The van der Waals surface area contributed by atoms with Gasteiger partial charge < -0.3 is 19.6 Å². The molecule has 2 saturated heterocycles. The van der Waals surface area contributed by atoms with Crippen LogP contribution in [0.15, 0.2) is 18.2 Å². The molecule has 1 aromatic carbocycles. The SMILES string of the molecule is CC1CN(CC[C@@H](C(=O)N(C)C2CC2)N2CCN(c3ccc(Cl)c(Cl)c3)CCC2=O)CCC12CC2. The number of anilines is 1. The van der Waals surface area contributed by atoms with Gasteiger partial charge in [-0.25, -0.2) is 0 Å². The Hall–Kier alpha value is -1.50. The highest BCUT2D eigenvalue weighted by Gasteiger charge is 2.49. The standard InChI is InChI=1S/C27H38Cl2N4O2/c1-19-18-31(14-11-27(19)9-10-27)12-7-24(26(35)30(2)20-3-4-20)33-16-15-32(13-8-25(33)34)21-5-6-22(28)23(29)17-21/h5-6,17,19-20,24H,3-4,7-16,18H2,1-2H3/t19?,24-/m0/s1. The molecule has 5 rings (SSSR count). The molecule has 0 N–H and O–H groups in total. The van der Waals surface area contributed by atoms with Gasteiger partial charge in [-0.3, -0.25) is 9.59 Å². The molecule has 2 atom stereocenters. The Balaban J connectivity index is 1.28. The van der Waals surface area contributed by atoms with Gasteiger partial charge in [0.25, 0.3) is 0 Å². The molecule has 4 aliphatic rings. The lowest BCUT2D eigenvalue weighted by atomic mass is 9.83. The minimum absolute atomic E-state index is 0.0686. The number of likely N-dealkylation sites (tertiary alicyclic amines) is 1. The van der Waals surface area contributed by atoms with Crippen molar-refractivity contribution in [3.05, 3.63) is 28.2 Å². The van der Waals surface area contributed by atoms with E-state index >= 15 is 0 Å². The van der Waals surface area contributed by atoms with E-state index < -0.39 is 6.04 Å². The van der Waals surface area contributed by atoms with Crippen molar-refractivity contribution in [2.24, 2.45) is 11.3 Å². The summed E-state index contributed by atoms with van der Waals surface area (Å²) in [5, 5.41) is 1.04. The average molecular weight is 522 g/mol. The number of rotatable bonds is 7. The normalized spacial score (nSPS) is 25.5. The van der Waals surface area contributed by atoms with Gasteiger partial charge >= 0.3 is 0 Å². The molecule has 1 aromatic rings. The van der Waals surface area contributed by atoms with E-state index in [1.807, 2.05) is 29.0 Å². The van der Waals surface area contributed by atoms with Crippen molar-refractivity contribution in [3.63, 3.8) is 0 Å². The van der Waals surface area contributed by atoms with Gasteiger partial charge in [0.05, 0.1) is 10.0 Å². The third kappa shape index (κ3) is 5.45. The highest BCUT2D eigenvalue weighted by Crippen LogP contribution is 2.56. The Morgan fingerprint density at radius 3 is 2.54 bits per heavy atom. The summed E-state index contributed by atoms with van der Waals surface area (Å²) < 4.78 is 0. The monoisotopic (exact) mass is 520 g/mol. The van der Waals surface area contributed by atoms with Crippen molar-refractivity contribution in [1.82, 2.24) is 14.7 Å². The molecule has 35 heavy (non-hydrogen) atoms. The lowest BCUT2D eigenvalue weighted by Gasteiger charge is -2.39. The fraction of sp³-hybridized carbons (Fsp3) is 0.704. The van der Waals surface area contributed by atoms with Gasteiger partial charge in [0.2, 0.25) is 11.8 Å². The molecule has 4 fully saturated rings. The summed E-state index contributed by atoms with van der Waals surface area (Å²) in [5.74, 6) is 0.894. The molecule has 2 heterocycles. The highest BCUT2D eigenvalue weighted by molar-refractivity contribution is 6.42. The van der Waals surface area contributed by atoms with Crippen LogP contribution in [0.2, 0.25) is 10.0 Å². The minimum Gasteiger partial charge on any atom is -0.369 e.